The van der Waals surface area contributed by atoms with Crippen molar-refractivity contribution >= 4 is 46.8 Å². The summed E-state index contributed by atoms with van der Waals surface area (Å²) < 4.78 is 44.5. The molecule has 0 aromatic carbocycles. The van der Waals surface area contributed by atoms with Crippen molar-refractivity contribution in [2.24, 2.45) is 0 Å². The van der Waals surface area contributed by atoms with Gasteiger partial charge in [0.25, 0.3) is 9.05 Å². The van der Waals surface area contributed by atoms with Crippen molar-refractivity contribution in [3.05, 3.63) is 17.0 Å². The highest BCUT2D eigenvalue weighted by Gasteiger charge is 2.15. The van der Waals surface area contributed by atoms with E-state index in [2.05, 4.69) is 5.32 Å². The van der Waals surface area contributed by atoms with Gasteiger partial charge in [-0.1, -0.05) is 6.92 Å². The van der Waals surface area contributed by atoms with Crippen molar-refractivity contribution in [3.8, 4) is 0 Å². The number of halogens is 1. The Morgan fingerprint density at radius 3 is 2.45 bits per heavy atom. The lowest BCUT2D eigenvalue weighted by Crippen LogP contribution is -2.30. The Morgan fingerprint density at radius 1 is 1.30 bits per heavy atom. The first kappa shape index (κ1) is 17.4. The summed E-state index contributed by atoms with van der Waals surface area (Å²) in [7, 11) is -1.72. The van der Waals surface area contributed by atoms with Gasteiger partial charge in [-0.15, -0.1) is 11.3 Å². The molecule has 1 aromatic rings. The Morgan fingerprint density at radius 2 is 1.95 bits per heavy atom. The van der Waals surface area contributed by atoms with E-state index in [0.29, 0.717) is 4.88 Å². The summed E-state index contributed by atoms with van der Waals surface area (Å²) in [6.07, 6.45) is -0.0107. The summed E-state index contributed by atoms with van der Waals surface area (Å²) in [6, 6.07) is 2.83. The molecule has 6 nitrogen and oxygen atoms in total. The van der Waals surface area contributed by atoms with Crippen molar-refractivity contribution in [3.63, 3.8) is 0 Å². The van der Waals surface area contributed by atoms with E-state index in [1.165, 1.54) is 19.1 Å². The summed E-state index contributed by atoms with van der Waals surface area (Å²) >= 11 is 0.913. The van der Waals surface area contributed by atoms with Crippen LogP contribution in [0.5, 0.6) is 0 Å². The van der Waals surface area contributed by atoms with Gasteiger partial charge in [0.15, 0.2) is 9.84 Å². The molecule has 20 heavy (non-hydrogen) atoms. The number of carbonyl (C=O) groups is 1. The van der Waals surface area contributed by atoms with Gasteiger partial charge in [-0.25, -0.2) is 16.8 Å². The van der Waals surface area contributed by atoms with E-state index in [9.17, 15) is 21.6 Å². The minimum absolute atomic E-state index is 0.0107. The van der Waals surface area contributed by atoms with Gasteiger partial charge in [-0.2, -0.15) is 0 Å². The van der Waals surface area contributed by atoms with Crippen LogP contribution in [0.4, 0.5) is 0 Å². The summed E-state index contributed by atoms with van der Waals surface area (Å²) in [5.74, 6) is -0.442. The third-order valence-corrected chi connectivity index (χ3v) is 7.27. The summed E-state index contributed by atoms with van der Waals surface area (Å²) in [4.78, 5) is 12.1. The Labute approximate surface area is 126 Å². The number of carbonyl (C=O) groups excluding carboxylic acids is 1. The molecule has 0 aliphatic rings. The molecule has 1 N–H and O–H groups in total. The van der Waals surface area contributed by atoms with Crippen LogP contribution in [0.15, 0.2) is 16.3 Å². The highest BCUT2D eigenvalue weighted by molar-refractivity contribution is 8.15. The molecule has 0 fully saturated rings. The summed E-state index contributed by atoms with van der Waals surface area (Å²) in [5, 5.41) is 2.48. The highest BCUT2D eigenvalue weighted by atomic mass is 35.7. The Kier molecular flexibility index (Phi) is 5.99. The molecule has 0 aliphatic heterocycles. The lowest BCUT2D eigenvalue weighted by molar-refractivity contribution is -0.120. The van der Waals surface area contributed by atoms with Crippen molar-refractivity contribution in [2.75, 3.05) is 18.1 Å². The van der Waals surface area contributed by atoms with E-state index < -0.39 is 18.9 Å². The van der Waals surface area contributed by atoms with Gasteiger partial charge in [0.2, 0.25) is 5.91 Å². The molecule has 0 saturated carbocycles. The number of rotatable bonds is 7. The third kappa shape index (κ3) is 5.78. The van der Waals surface area contributed by atoms with Crippen molar-refractivity contribution in [1.29, 1.82) is 0 Å². The SMILES string of the molecule is CCS(=O)(=O)CCNC(=O)Cc1ccc(S(=O)(=O)Cl)s1. The fraction of sp³-hybridized carbons (Fsp3) is 0.500. The second-order valence-electron chi connectivity index (χ2n) is 3.92. The van der Waals surface area contributed by atoms with Crippen LogP contribution in [-0.4, -0.2) is 40.8 Å². The minimum Gasteiger partial charge on any atom is -0.355 e. The number of thiophene rings is 1. The van der Waals surface area contributed by atoms with E-state index in [1.807, 2.05) is 0 Å². The van der Waals surface area contributed by atoms with E-state index in [1.54, 1.807) is 0 Å². The average Bonchev–Trinajstić information content (AvgIpc) is 2.77. The Bertz CT molecular complexity index is 678. The molecule has 0 atom stereocenters. The van der Waals surface area contributed by atoms with Gasteiger partial charge in [-0.05, 0) is 12.1 Å². The lowest BCUT2D eigenvalue weighted by Gasteiger charge is -2.04. The van der Waals surface area contributed by atoms with Crippen LogP contribution in [0.1, 0.15) is 11.8 Å². The van der Waals surface area contributed by atoms with Gasteiger partial charge in [-0.3, -0.25) is 4.79 Å². The van der Waals surface area contributed by atoms with Crippen molar-refractivity contribution < 1.29 is 21.6 Å². The molecule has 0 spiro atoms. The molecule has 0 saturated heterocycles. The number of hydrogen-bond donors (Lipinski definition) is 1. The Balaban J connectivity index is 2.49. The minimum atomic E-state index is -3.78. The number of nitrogens with one attached hydrogen (secondary N) is 1. The molecule has 0 aliphatic carbocycles. The fourth-order valence-electron chi connectivity index (χ4n) is 1.30. The third-order valence-electron chi connectivity index (χ3n) is 2.39. The van der Waals surface area contributed by atoms with E-state index in [4.69, 9.17) is 10.7 Å². The van der Waals surface area contributed by atoms with E-state index in [-0.39, 0.29) is 34.6 Å². The van der Waals surface area contributed by atoms with E-state index in [0.717, 1.165) is 11.3 Å². The lowest BCUT2D eigenvalue weighted by atomic mass is 10.3. The maximum atomic E-state index is 11.6. The number of hydrogen-bond acceptors (Lipinski definition) is 6. The maximum absolute atomic E-state index is 11.6. The van der Waals surface area contributed by atoms with Crippen LogP contribution in [0.25, 0.3) is 0 Å². The first-order valence-electron chi connectivity index (χ1n) is 5.64. The van der Waals surface area contributed by atoms with Crippen LogP contribution >= 0.6 is 22.0 Å². The predicted molar refractivity (Wildman–Crippen MR) is 78.4 cm³/mol. The molecular weight excluding hydrogens is 346 g/mol. The van der Waals surface area contributed by atoms with Crippen molar-refractivity contribution in [2.45, 2.75) is 17.6 Å². The molecule has 1 amide bonds. The molecule has 1 aromatic heterocycles. The second-order valence-corrected chi connectivity index (χ2v) is 10.4. The molecule has 0 bridgehead atoms. The first-order chi connectivity index (χ1) is 9.14. The maximum Gasteiger partial charge on any atom is 0.270 e. The molecule has 114 valence electrons. The summed E-state index contributed by atoms with van der Waals surface area (Å²) in [5.41, 5.74) is 0. The zero-order chi connectivity index (χ0) is 15.4. The largest absolute Gasteiger partial charge is 0.355 e. The smallest absolute Gasteiger partial charge is 0.270 e. The van der Waals surface area contributed by atoms with Gasteiger partial charge in [0.1, 0.15) is 4.21 Å². The van der Waals surface area contributed by atoms with Gasteiger partial charge < -0.3 is 5.32 Å². The highest BCUT2D eigenvalue weighted by Crippen LogP contribution is 2.24. The molecule has 10 heteroatoms. The summed E-state index contributed by atoms with van der Waals surface area (Å²) in [6.45, 7) is 1.58. The number of sulfone groups is 1. The van der Waals surface area contributed by atoms with Crippen molar-refractivity contribution in [1.82, 2.24) is 5.32 Å². The average molecular weight is 360 g/mol. The number of amides is 1. The molecule has 0 unspecified atom stereocenters. The Hall–Kier alpha value is -0.640. The monoisotopic (exact) mass is 359 g/mol. The zero-order valence-electron chi connectivity index (χ0n) is 10.6. The normalized spacial score (nSPS) is 12.3. The van der Waals surface area contributed by atoms with Crippen LogP contribution in [0, 0.1) is 0 Å². The first-order valence-corrected chi connectivity index (χ1v) is 10.6. The molecule has 1 heterocycles. The standard InChI is InChI=1S/C10H14ClNO5S3/c1-2-19(14,15)6-5-12-9(13)7-8-3-4-10(18-8)20(11,16)17/h3-4H,2,5-7H2,1H3,(H,12,13). The molecule has 0 radical (unpaired) electrons. The topological polar surface area (TPSA) is 97.4 Å². The quantitative estimate of drug-likeness (QED) is 0.725. The predicted octanol–water partition coefficient (Wildman–Crippen LogP) is 0.769. The fourth-order valence-corrected chi connectivity index (χ4v) is 4.12. The van der Waals surface area contributed by atoms with E-state index >= 15 is 0 Å². The van der Waals surface area contributed by atoms with Gasteiger partial charge >= 0.3 is 0 Å². The molecule has 1 rings (SSSR count). The van der Waals surface area contributed by atoms with Crippen LogP contribution < -0.4 is 5.32 Å². The van der Waals surface area contributed by atoms with Crippen LogP contribution in [0.3, 0.4) is 0 Å². The second kappa shape index (κ2) is 6.88. The molecular formula is C10H14ClNO5S3. The zero-order valence-corrected chi connectivity index (χ0v) is 13.8. The van der Waals surface area contributed by atoms with Crippen LogP contribution in [-0.2, 0) is 30.1 Å². The van der Waals surface area contributed by atoms with Crippen LogP contribution in [0.2, 0.25) is 0 Å². The van der Waals surface area contributed by atoms with Gasteiger partial charge in [0.05, 0.1) is 12.2 Å². The van der Waals surface area contributed by atoms with Gasteiger partial charge in [0, 0.05) is 27.9 Å².